The number of hydrogen-bond acceptors (Lipinski definition) is 5. The van der Waals surface area contributed by atoms with Gasteiger partial charge in [-0.15, -0.1) is 0 Å². The van der Waals surface area contributed by atoms with E-state index in [2.05, 4.69) is 32.7 Å². The monoisotopic (exact) mass is 287 g/mol. The topological polar surface area (TPSA) is 74.9 Å². The third-order valence-electron chi connectivity index (χ3n) is 3.73. The molecule has 0 amide bonds. The van der Waals surface area contributed by atoms with Gasteiger partial charge in [0.2, 0.25) is 0 Å². The Bertz CT molecular complexity index is 577. The maximum absolute atomic E-state index is 6.03. The highest BCUT2D eigenvalue weighted by molar-refractivity contribution is 5.30. The number of pyridine rings is 1. The van der Waals surface area contributed by atoms with E-state index >= 15 is 0 Å². The molecule has 21 heavy (non-hydrogen) atoms. The van der Waals surface area contributed by atoms with E-state index in [0.717, 1.165) is 49.6 Å². The summed E-state index contributed by atoms with van der Waals surface area (Å²) >= 11 is 0. The average Bonchev–Trinajstić information content (AvgIpc) is 3.13. The molecular weight excluding hydrogens is 266 g/mol. The van der Waals surface area contributed by atoms with E-state index in [1.54, 1.807) is 12.4 Å². The quantitative estimate of drug-likeness (QED) is 0.743. The number of aromatic amines is 1. The summed E-state index contributed by atoms with van der Waals surface area (Å²) in [5.41, 5.74) is 3.42. The van der Waals surface area contributed by atoms with E-state index in [0.29, 0.717) is 0 Å². The SMILES string of the molecule is Cc1cn[nH]c1CNCc1ccncc1O[C@H]1CCNC1. The minimum Gasteiger partial charge on any atom is -0.487 e. The number of hydrogen-bond donors (Lipinski definition) is 3. The average molecular weight is 287 g/mol. The molecule has 0 unspecified atom stereocenters. The molecule has 1 fully saturated rings. The lowest BCUT2D eigenvalue weighted by molar-refractivity contribution is 0.219. The van der Waals surface area contributed by atoms with Crippen LogP contribution in [0.1, 0.15) is 23.2 Å². The van der Waals surface area contributed by atoms with Gasteiger partial charge in [0.05, 0.1) is 18.1 Å². The van der Waals surface area contributed by atoms with Crippen molar-refractivity contribution in [3.8, 4) is 5.75 Å². The Kier molecular flexibility index (Phi) is 4.47. The van der Waals surface area contributed by atoms with E-state index in [-0.39, 0.29) is 6.10 Å². The molecule has 0 aromatic carbocycles. The summed E-state index contributed by atoms with van der Waals surface area (Å²) in [5.74, 6) is 0.875. The molecule has 2 aromatic heterocycles. The van der Waals surface area contributed by atoms with Gasteiger partial charge < -0.3 is 15.4 Å². The molecule has 0 bridgehead atoms. The van der Waals surface area contributed by atoms with Crippen LogP contribution in [0.3, 0.4) is 0 Å². The van der Waals surface area contributed by atoms with Gasteiger partial charge in [0, 0.05) is 31.4 Å². The highest BCUT2D eigenvalue weighted by Gasteiger charge is 2.17. The largest absolute Gasteiger partial charge is 0.487 e. The highest BCUT2D eigenvalue weighted by atomic mass is 16.5. The van der Waals surface area contributed by atoms with E-state index in [4.69, 9.17) is 4.74 Å². The molecule has 1 aliphatic rings. The van der Waals surface area contributed by atoms with Crippen LogP contribution in [0.4, 0.5) is 0 Å². The van der Waals surface area contributed by atoms with Crippen LogP contribution >= 0.6 is 0 Å². The fraction of sp³-hybridized carbons (Fsp3) is 0.467. The molecule has 0 aliphatic carbocycles. The van der Waals surface area contributed by atoms with Crippen molar-refractivity contribution in [1.82, 2.24) is 25.8 Å². The van der Waals surface area contributed by atoms with E-state index < -0.39 is 0 Å². The second-order valence-corrected chi connectivity index (χ2v) is 5.35. The van der Waals surface area contributed by atoms with Gasteiger partial charge >= 0.3 is 0 Å². The number of rotatable bonds is 6. The second kappa shape index (κ2) is 6.69. The molecule has 3 rings (SSSR count). The number of nitrogens with one attached hydrogen (secondary N) is 3. The first-order valence-electron chi connectivity index (χ1n) is 7.33. The Labute approximate surface area is 124 Å². The molecule has 0 radical (unpaired) electrons. The minimum absolute atomic E-state index is 0.253. The Morgan fingerprint density at radius 2 is 2.33 bits per heavy atom. The number of aromatic nitrogens is 3. The van der Waals surface area contributed by atoms with Crippen molar-refractivity contribution in [2.24, 2.45) is 0 Å². The van der Waals surface area contributed by atoms with Crippen LogP contribution in [0.2, 0.25) is 0 Å². The summed E-state index contributed by atoms with van der Waals surface area (Å²) in [6.45, 7) is 5.50. The molecule has 6 heteroatoms. The molecule has 0 saturated carbocycles. The van der Waals surface area contributed by atoms with Crippen molar-refractivity contribution in [3.05, 3.63) is 41.5 Å². The molecule has 1 aliphatic heterocycles. The fourth-order valence-electron chi connectivity index (χ4n) is 2.44. The lowest BCUT2D eigenvalue weighted by atomic mass is 10.2. The van der Waals surface area contributed by atoms with Crippen LogP contribution in [0.5, 0.6) is 5.75 Å². The summed E-state index contributed by atoms with van der Waals surface area (Å²) in [7, 11) is 0. The van der Waals surface area contributed by atoms with E-state index in [1.807, 2.05) is 12.3 Å². The van der Waals surface area contributed by atoms with Crippen LogP contribution in [0, 0.1) is 6.92 Å². The van der Waals surface area contributed by atoms with Crippen LogP contribution < -0.4 is 15.4 Å². The normalized spacial score (nSPS) is 18.0. The van der Waals surface area contributed by atoms with Crippen LogP contribution in [0.15, 0.2) is 24.7 Å². The van der Waals surface area contributed by atoms with Crippen molar-refractivity contribution in [2.45, 2.75) is 32.5 Å². The first-order valence-corrected chi connectivity index (χ1v) is 7.33. The first-order chi connectivity index (χ1) is 10.3. The van der Waals surface area contributed by atoms with Crippen LogP contribution in [-0.4, -0.2) is 34.4 Å². The first kappa shape index (κ1) is 14.0. The van der Waals surface area contributed by atoms with E-state index in [1.165, 1.54) is 5.56 Å². The van der Waals surface area contributed by atoms with Gasteiger partial charge in [0.15, 0.2) is 0 Å². The summed E-state index contributed by atoms with van der Waals surface area (Å²) in [5, 5.41) is 13.8. The summed E-state index contributed by atoms with van der Waals surface area (Å²) in [6, 6.07) is 2.00. The number of ether oxygens (including phenoxy) is 1. The van der Waals surface area contributed by atoms with Gasteiger partial charge in [0.25, 0.3) is 0 Å². The fourth-order valence-corrected chi connectivity index (χ4v) is 2.44. The van der Waals surface area contributed by atoms with Gasteiger partial charge in [-0.1, -0.05) is 0 Å². The smallest absolute Gasteiger partial charge is 0.142 e. The molecular formula is C15H21N5O. The van der Waals surface area contributed by atoms with Crippen molar-refractivity contribution < 1.29 is 4.74 Å². The molecule has 2 aromatic rings. The van der Waals surface area contributed by atoms with Gasteiger partial charge in [0.1, 0.15) is 11.9 Å². The van der Waals surface area contributed by atoms with Crippen molar-refractivity contribution >= 4 is 0 Å². The Morgan fingerprint density at radius 1 is 1.38 bits per heavy atom. The zero-order chi connectivity index (χ0) is 14.5. The number of H-pyrrole nitrogens is 1. The highest BCUT2D eigenvalue weighted by Crippen LogP contribution is 2.19. The van der Waals surface area contributed by atoms with Gasteiger partial charge in [-0.05, 0) is 31.5 Å². The second-order valence-electron chi connectivity index (χ2n) is 5.35. The summed E-state index contributed by atoms with van der Waals surface area (Å²) in [6.07, 6.45) is 6.75. The lowest BCUT2D eigenvalue weighted by Gasteiger charge is -2.15. The third-order valence-corrected chi connectivity index (χ3v) is 3.73. The maximum atomic E-state index is 6.03. The van der Waals surface area contributed by atoms with Gasteiger partial charge in [-0.3, -0.25) is 10.1 Å². The van der Waals surface area contributed by atoms with E-state index in [9.17, 15) is 0 Å². The summed E-state index contributed by atoms with van der Waals surface area (Å²) in [4.78, 5) is 4.17. The lowest BCUT2D eigenvalue weighted by Crippen LogP contribution is -2.21. The molecule has 1 atom stereocenters. The number of aryl methyl sites for hydroxylation is 1. The predicted molar refractivity (Wildman–Crippen MR) is 80.0 cm³/mol. The summed E-state index contributed by atoms with van der Waals surface area (Å²) < 4.78 is 6.03. The molecule has 112 valence electrons. The zero-order valence-corrected chi connectivity index (χ0v) is 12.2. The van der Waals surface area contributed by atoms with Crippen LogP contribution in [-0.2, 0) is 13.1 Å². The van der Waals surface area contributed by atoms with Crippen LogP contribution in [0.25, 0.3) is 0 Å². The molecule has 3 heterocycles. The van der Waals surface area contributed by atoms with Gasteiger partial charge in [-0.2, -0.15) is 5.10 Å². The molecule has 3 N–H and O–H groups in total. The van der Waals surface area contributed by atoms with Crippen molar-refractivity contribution in [1.29, 1.82) is 0 Å². The van der Waals surface area contributed by atoms with Crippen molar-refractivity contribution in [3.63, 3.8) is 0 Å². The molecule has 1 saturated heterocycles. The zero-order valence-electron chi connectivity index (χ0n) is 12.2. The van der Waals surface area contributed by atoms with Gasteiger partial charge in [-0.25, -0.2) is 0 Å². The number of nitrogens with zero attached hydrogens (tertiary/aromatic N) is 2. The van der Waals surface area contributed by atoms with Crippen molar-refractivity contribution in [2.75, 3.05) is 13.1 Å². The molecule has 0 spiro atoms. The Balaban J connectivity index is 1.58. The Morgan fingerprint density at radius 3 is 3.10 bits per heavy atom. The standard InChI is InChI=1S/C15H21N5O/c1-11-6-19-20-14(11)9-18-7-12-2-4-17-10-15(12)21-13-3-5-16-8-13/h2,4,6,10,13,16,18H,3,5,7-9H2,1H3,(H,19,20)/t13-/m0/s1. The molecule has 6 nitrogen and oxygen atoms in total. The minimum atomic E-state index is 0.253. The predicted octanol–water partition coefficient (Wildman–Crippen LogP) is 1.14. The Hall–Kier alpha value is -1.92. The third kappa shape index (κ3) is 3.59. The maximum Gasteiger partial charge on any atom is 0.142 e.